The van der Waals surface area contributed by atoms with Gasteiger partial charge in [-0.1, -0.05) is 0 Å². The first-order valence-corrected chi connectivity index (χ1v) is 5.03. The van der Waals surface area contributed by atoms with Gasteiger partial charge in [0.05, 0.1) is 7.11 Å². The highest BCUT2D eigenvalue weighted by atomic mass is 16.5. The van der Waals surface area contributed by atoms with Gasteiger partial charge in [0.1, 0.15) is 5.82 Å². The van der Waals surface area contributed by atoms with Crippen LogP contribution in [0.4, 0.5) is 0 Å². The maximum absolute atomic E-state index is 5.08. The van der Waals surface area contributed by atoms with Gasteiger partial charge in [0.25, 0.3) is 0 Å². The number of methoxy groups -OCH3 is 1. The lowest BCUT2D eigenvalue weighted by Crippen LogP contribution is -2.05. The Bertz CT molecular complexity index is 498. The van der Waals surface area contributed by atoms with Crippen molar-refractivity contribution < 1.29 is 4.74 Å². The molecule has 0 fully saturated rings. The standard InChI is InChI=1S/C11H14N4O/c1-7-5-10(13-9(3)12-7)15-8(2)6-11(14-15)16-4/h5-6H,1-4H3. The van der Waals surface area contributed by atoms with Crippen LogP contribution >= 0.6 is 0 Å². The Morgan fingerprint density at radius 3 is 2.44 bits per heavy atom. The molecule has 2 aromatic rings. The number of aromatic nitrogens is 4. The summed E-state index contributed by atoms with van der Waals surface area (Å²) in [6.07, 6.45) is 0. The fourth-order valence-corrected chi connectivity index (χ4v) is 1.58. The molecule has 0 saturated carbocycles. The van der Waals surface area contributed by atoms with Gasteiger partial charge in [-0.25, -0.2) is 14.6 Å². The lowest BCUT2D eigenvalue weighted by Gasteiger charge is -2.04. The molecular weight excluding hydrogens is 204 g/mol. The van der Waals surface area contributed by atoms with Crippen molar-refractivity contribution in [1.82, 2.24) is 19.7 Å². The molecule has 0 bridgehead atoms. The summed E-state index contributed by atoms with van der Waals surface area (Å²) in [5.74, 6) is 2.10. The highest BCUT2D eigenvalue weighted by Gasteiger charge is 2.08. The third-order valence-corrected chi connectivity index (χ3v) is 2.24. The molecule has 0 spiro atoms. The Morgan fingerprint density at radius 1 is 1.12 bits per heavy atom. The number of ether oxygens (including phenoxy) is 1. The molecule has 2 aromatic heterocycles. The zero-order chi connectivity index (χ0) is 11.7. The molecule has 0 aliphatic heterocycles. The zero-order valence-electron chi connectivity index (χ0n) is 9.85. The molecular formula is C11H14N4O. The molecule has 0 atom stereocenters. The van der Waals surface area contributed by atoms with E-state index in [0.717, 1.165) is 23.0 Å². The van der Waals surface area contributed by atoms with Gasteiger partial charge in [-0.05, 0) is 20.8 Å². The van der Waals surface area contributed by atoms with E-state index in [-0.39, 0.29) is 0 Å². The summed E-state index contributed by atoms with van der Waals surface area (Å²) < 4.78 is 6.83. The Hall–Kier alpha value is -1.91. The Balaban J connectivity index is 2.53. The smallest absolute Gasteiger partial charge is 0.233 e. The second-order valence-electron chi connectivity index (χ2n) is 3.65. The number of aryl methyl sites for hydroxylation is 3. The number of rotatable bonds is 2. The molecule has 5 heteroatoms. The summed E-state index contributed by atoms with van der Waals surface area (Å²) >= 11 is 0. The van der Waals surface area contributed by atoms with E-state index in [2.05, 4.69) is 15.1 Å². The normalized spacial score (nSPS) is 10.5. The van der Waals surface area contributed by atoms with E-state index in [1.54, 1.807) is 11.8 Å². The summed E-state index contributed by atoms with van der Waals surface area (Å²) in [6, 6.07) is 3.76. The molecule has 0 unspecified atom stereocenters. The van der Waals surface area contributed by atoms with E-state index in [1.165, 1.54) is 0 Å². The molecule has 0 aliphatic rings. The maximum atomic E-state index is 5.08. The summed E-state index contributed by atoms with van der Waals surface area (Å²) in [5, 5.41) is 4.28. The molecule has 0 aromatic carbocycles. The van der Waals surface area contributed by atoms with Crippen molar-refractivity contribution in [3.05, 3.63) is 29.3 Å². The predicted molar refractivity (Wildman–Crippen MR) is 59.9 cm³/mol. The van der Waals surface area contributed by atoms with E-state index in [4.69, 9.17) is 4.74 Å². The van der Waals surface area contributed by atoms with Gasteiger partial charge in [0.2, 0.25) is 5.88 Å². The van der Waals surface area contributed by atoms with Crippen LogP contribution in [0.1, 0.15) is 17.2 Å². The summed E-state index contributed by atoms with van der Waals surface area (Å²) in [5.41, 5.74) is 1.91. The minimum Gasteiger partial charge on any atom is -0.480 e. The van der Waals surface area contributed by atoms with Crippen LogP contribution in [0.15, 0.2) is 12.1 Å². The van der Waals surface area contributed by atoms with Crippen LogP contribution in [0.25, 0.3) is 5.82 Å². The van der Waals surface area contributed by atoms with Gasteiger partial charge in [-0.3, -0.25) is 0 Å². The van der Waals surface area contributed by atoms with Crippen LogP contribution in [0.5, 0.6) is 5.88 Å². The molecule has 0 aliphatic carbocycles. The van der Waals surface area contributed by atoms with Crippen molar-refractivity contribution in [2.24, 2.45) is 0 Å². The van der Waals surface area contributed by atoms with Crippen molar-refractivity contribution in [1.29, 1.82) is 0 Å². The Kier molecular flexibility index (Phi) is 2.60. The Labute approximate surface area is 94.1 Å². The minimum absolute atomic E-state index is 0.589. The van der Waals surface area contributed by atoms with Crippen molar-refractivity contribution >= 4 is 0 Å². The van der Waals surface area contributed by atoms with Crippen LogP contribution < -0.4 is 4.74 Å². The fraction of sp³-hybridized carbons (Fsp3) is 0.364. The number of hydrogen-bond acceptors (Lipinski definition) is 4. The monoisotopic (exact) mass is 218 g/mol. The van der Waals surface area contributed by atoms with Crippen molar-refractivity contribution in [3.63, 3.8) is 0 Å². The zero-order valence-corrected chi connectivity index (χ0v) is 9.85. The van der Waals surface area contributed by atoms with Gasteiger partial charge in [-0.15, -0.1) is 5.10 Å². The minimum atomic E-state index is 0.589. The SMILES string of the molecule is COc1cc(C)n(-c2cc(C)nc(C)n2)n1. The van der Waals surface area contributed by atoms with Gasteiger partial charge >= 0.3 is 0 Å². The molecule has 0 amide bonds. The molecule has 16 heavy (non-hydrogen) atoms. The van der Waals surface area contributed by atoms with Crippen molar-refractivity contribution in [2.75, 3.05) is 7.11 Å². The fourth-order valence-electron chi connectivity index (χ4n) is 1.58. The molecule has 0 radical (unpaired) electrons. The largest absolute Gasteiger partial charge is 0.480 e. The van der Waals surface area contributed by atoms with Gasteiger partial charge in [0.15, 0.2) is 5.82 Å². The second-order valence-corrected chi connectivity index (χ2v) is 3.65. The topological polar surface area (TPSA) is 52.8 Å². The van der Waals surface area contributed by atoms with Crippen LogP contribution in [-0.4, -0.2) is 26.9 Å². The summed E-state index contributed by atoms with van der Waals surface area (Å²) in [4.78, 5) is 8.58. The first-order valence-electron chi connectivity index (χ1n) is 5.03. The van der Waals surface area contributed by atoms with E-state index in [1.807, 2.05) is 32.9 Å². The summed E-state index contributed by atoms with van der Waals surface area (Å²) in [6.45, 7) is 5.77. The molecule has 5 nitrogen and oxygen atoms in total. The second kappa shape index (κ2) is 3.92. The van der Waals surface area contributed by atoms with Crippen LogP contribution in [-0.2, 0) is 0 Å². The van der Waals surface area contributed by atoms with Gasteiger partial charge < -0.3 is 4.74 Å². The average Bonchev–Trinajstić information content (AvgIpc) is 2.58. The van der Waals surface area contributed by atoms with Crippen LogP contribution in [0, 0.1) is 20.8 Å². The highest BCUT2D eigenvalue weighted by Crippen LogP contribution is 2.15. The van der Waals surface area contributed by atoms with Crippen molar-refractivity contribution in [2.45, 2.75) is 20.8 Å². The van der Waals surface area contributed by atoms with E-state index in [9.17, 15) is 0 Å². The third kappa shape index (κ3) is 1.88. The molecule has 2 heterocycles. The molecule has 84 valence electrons. The van der Waals surface area contributed by atoms with Crippen molar-refractivity contribution in [3.8, 4) is 11.7 Å². The van der Waals surface area contributed by atoms with Crippen LogP contribution in [0.2, 0.25) is 0 Å². The lowest BCUT2D eigenvalue weighted by atomic mass is 10.4. The maximum Gasteiger partial charge on any atom is 0.233 e. The summed E-state index contributed by atoms with van der Waals surface area (Å²) in [7, 11) is 1.60. The number of hydrogen-bond donors (Lipinski definition) is 0. The third-order valence-electron chi connectivity index (χ3n) is 2.24. The Morgan fingerprint density at radius 2 is 1.88 bits per heavy atom. The van der Waals surface area contributed by atoms with E-state index >= 15 is 0 Å². The average molecular weight is 218 g/mol. The first kappa shape index (κ1) is 10.6. The van der Waals surface area contributed by atoms with Gasteiger partial charge in [-0.2, -0.15) is 0 Å². The van der Waals surface area contributed by atoms with Gasteiger partial charge in [0, 0.05) is 23.5 Å². The molecule has 0 saturated heterocycles. The van der Waals surface area contributed by atoms with E-state index in [0.29, 0.717) is 5.88 Å². The first-order chi connectivity index (χ1) is 7.60. The number of nitrogens with zero attached hydrogens (tertiary/aromatic N) is 4. The highest BCUT2D eigenvalue weighted by molar-refractivity contribution is 5.29. The molecule has 0 N–H and O–H groups in total. The van der Waals surface area contributed by atoms with E-state index < -0.39 is 0 Å². The molecule has 2 rings (SSSR count). The predicted octanol–water partition coefficient (Wildman–Crippen LogP) is 1.60. The quantitative estimate of drug-likeness (QED) is 0.768. The lowest BCUT2D eigenvalue weighted by molar-refractivity contribution is 0.394. The van der Waals surface area contributed by atoms with Crippen LogP contribution in [0.3, 0.4) is 0 Å².